The summed E-state index contributed by atoms with van der Waals surface area (Å²) in [6.45, 7) is 5.39. The van der Waals surface area contributed by atoms with Crippen molar-refractivity contribution in [1.29, 1.82) is 0 Å². The van der Waals surface area contributed by atoms with Gasteiger partial charge in [-0.25, -0.2) is 4.98 Å². The van der Waals surface area contributed by atoms with E-state index in [-0.39, 0.29) is 0 Å². The van der Waals surface area contributed by atoms with Crippen molar-refractivity contribution < 1.29 is 13.2 Å². The van der Waals surface area contributed by atoms with Crippen molar-refractivity contribution in [1.82, 2.24) is 15.2 Å². The van der Waals surface area contributed by atoms with E-state index >= 15 is 0 Å². The Morgan fingerprint density at radius 1 is 1.53 bits per heavy atom. The number of hydrogen-bond acceptors (Lipinski definition) is 4. The van der Waals surface area contributed by atoms with Crippen LogP contribution in [0.4, 0.5) is 13.2 Å². The Bertz CT molecular complexity index is 399. The van der Waals surface area contributed by atoms with Gasteiger partial charge in [-0.3, -0.25) is 4.90 Å². The molecular weight excluding hydrogens is 275 g/mol. The molecule has 2 heterocycles. The summed E-state index contributed by atoms with van der Waals surface area (Å²) in [6.07, 6.45) is -1.29. The molecule has 0 radical (unpaired) electrons. The first kappa shape index (κ1) is 14.7. The molecule has 1 aromatic rings. The summed E-state index contributed by atoms with van der Waals surface area (Å²) < 4.78 is 37.6. The second-order valence-corrected chi connectivity index (χ2v) is 5.85. The van der Waals surface area contributed by atoms with Gasteiger partial charge in [0.05, 0.1) is 12.7 Å². The third-order valence-corrected chi connectivity index (χ3v) is 4.26. The molecule has 7 heteroatoms. The van der Waals surface area contributed by atoms with Gasteiger partial charge in [-0.05, 0) is 25.9 Å². The first-order valence-electron chi connectivity index (χ1n) is 6.47. The summed E-state index contributed by atoms with van der Waals surface area (Å²) >= 11 is 0.755. The van der Waals surface area contributed by atoms with Crippen LogP contribution in [0.3, 0.4) is 0 Å². The van der Waals surface area contributed by atoms with Gasteiger partial charge in [0.15, 0.2) is 0 Å². The second kappa shape index (κ2) is 6.19. The third-order valence-electron chi connectivity index (χ3n) is 3.23. The number of aromatic nitrogens is 1. The zero-order valence-electron chi connectivity index (χ0n) is 10.8. The highest BCUT2D eigenvalue weighted by molar-refractivity contribution is 7.11. The first-order valence-corrected chi connectivity index (χ1v) is 7.29. The molecule has 1 aromatic heterocycles. The predicted octanol–water partition coefficient (Wildman–Crippen LogP) is 2.74. The minimum absolute atomic E-state index is 0.415. The van der Waals surface area contributed by atoms with Gasteiger partial charge in [0.25, 0.3) is 0 Å². The van der Waals surface area contributed by atoms with E-state index in [9.17, 15) is 13.2 Å². The Hall–Kier alpha value is -0.660. The van der Waals surface area contributed by atoms with Gasteiger partial charge in [0.2, 0.25) is 0 Å². The van der Waals surface area contributed by atoms with Crippen LogP contribution < -0.4 is 5.32 Å². The lowest BCUT2D eigenvalue weighted by Gasteiger charge is -2.26. The molecular formula is C12H18F3N3S. The fraction of sp³-hybridized carbons (Fsp3) is 0.750. The minimum atomic E-state index is -4.28. The second-order valence-electron chi connectivity index (χ2n) is 4.73. The summed E-state index contributed by atoms with van der Waals surface area (Å²) in [5.74, 6) is 0. The topological polar surface area (TPSA) is 28.2 Å². The van der Waals surface area contributed by atoms with Crippen LogP contribution in [-0.4, -0.2) is 35.6 Å². The Balaban J connectivity index is 2.02. The smallest absolute Gasteiger partial charge is 0.315 e. The Labute approximate surface area is 114 Å². The molecule has 2 rings (SSSR count). The van der Waals surface area contributed by atoms with E-state index in [0.717, 1.165) is 50.0 Å². The molecule has 1 unspecified atom stereocenters. The number of hydrogen-bond donors (Lipinski definition) is 1. The average molecular weight is 293 g/mol. The van der Waals surface area contributed by atoms with E-state index in [4.69, 9.17) is 0 Å². The van der Waals surface area contributed by atoms with Crippen molar-refractivity contribution in [3.05, 3.63) is 16.1 Å². The normalized spacial score (nSPS) is 20.4. The van der Waals surface area contributed by atoms with Crippen LogP contribution in [0.2, 0.25) is 0 Å². The van der Waals surface area contributed by atoms with E-state index in [1.54, 1.807) is 0 Å². The van der Waals surface area contributed by atoms with Crippen molar-refractivity contribution in [2.24, 2.45) is 0 Å². The van der Waals surface area contributed by atoms with Crippen LogP contribution in [0.15, 0.2) is 6.20 Å². The van der Waals surface area contributed by atoms with E-state index in [1.807, 2.05) is 0 Å². The van der Waals surface area contributed by atoms with Crippen molar-refractivity contribution in [2.75, 3.05) is 19.6 Å². The maximum atomic E-state index is 12.5. The largest absolute Gasteiger partial charge is 0.427 e. The number of halogens is 3. The fourth-order valence-electron chi connectivity index (χ4n) is 2.32. The summed E-state index contributed by atoms with van der Waals surface area (Å²) in [4.78, 5) is 5.54. The zero-order valence-corrected chi connectivity index (χ0v) is 11.7. The molecule has 1 aliphatic rings. The molecule has 1 atom stereocenters. The predicted molar refractivity (Wildman–Crippen MR) is 69.1 cm³/mol. The number of rotatable bonds is 5. The number of nitrogens with zero attached hydrogens (tertiary/aromatic N) is 2. The fourth-order valence-corrected chi connectivity index (χ4v) is 3.13. The Kier molecular flexibility index (Phi) is 4.81. The lowest BCUT2D eigenvalue weighted by Crippen LogP contribution is -2.36. The van der Waals surface area contributed by atoms with Gasteiger partial charge in [0.1, 0.15) is 9.88 Å². The average Bonchev–Trinajstić information content (AvgIpc) is 2.98. The highest BCUT2D eigenvalue weighted by Crippen LogP contribution is 2.33. The van der Waals surface area contributed by atoms with Gasteiger partial charge >= 0.3 is 6.18 Å². The van der Waals surface area contributed by atoms with Crippen LogP contribution in [0.25, 0.3) is 0 Å². The monoisotopic (exact) mass is 293 g/mol. The molecule has 108 valence electrons. The van der Waals surface area contributed by atoms with E-state index in [0.29, 0.717) is 17.6 Å². The molecule has 1 aliphatic heterocycles. The maximum Gasteiger partial charge on any atom is 0.427 e. The maximum absolute atomic E-state index is 12.5. The Morgan fingerprint density at radius 3 is 2.84 bits per heavy atom. The van der Waals surface area contributed by atoms with E-state index in [2.05, 4.69) is 22.1 Å². The third kappa shape index (κ3) is 3.90. The van der Waals surface area contributed by atoms with Crippen molar-refractivity contribution >= 4 is 11.3 Å². The van der Waals surface area contributed by atoms with Crippen molar-refractivity contribution in [3.63, 3.8) is 0 Å². The van der Waals surface area contributed by atoms with E-state index in [1.165, 1.54) is 0 Å². The number of nitrogens with one attached hydrogen (secondary N) is 1. The summed E-state index contributed by atoms with van der Waals surface area (Å²) in [5, 5.41) is 3.84. The summed E-state index contributed by atoms with van der Waals surface area (Å²) in [5.41, 5.74) is 0. The molecule has 1 N–H and O–H groups in total. The molecule has 0 saturated carbocycles. The van der Waals surface area contributed by atoms with Crippen molar-refractivity contribution in [2.45, 2.75) is 38.5 Å². The standard InChI is InChI=1S/C12H18F3N3S/c1-2-5-18(9-3-4-16-6-9)8-11-17-7-10(19-11)12(13,14)15/h7,9,16H,2-6,8H2,1H3. The molecule has 1 fully saturated rings. The van der Waals surface area contributed by atoms with Crippen LogP contribution in [0.1, 0.15) is 29.7 Å². The molecule has 19 heavy (non-hydrogen) atoms. The number of alkyl halides is 3. The summed E-state index contributed by atoms with van der Waals surface area (Å²) in [6, 6.07) is 0.415. The highest BCUT2D eigenvalue weighted by Gasteiger charge is 2.33. The SMILES string of the molecule is CCCN(Cc1ncc(C(F)(F)F)s1)C1CCNC1. The van der Waals surface area contributed by atoms with Crippen LogP contribution in [0, 0.1) is 0 Å². The van der Waals surface area contributed by atoms with Crippen LogP contribution in [0.5, 0.6) is 0 Å². The van der Waals surface area contributed by atoms with Crippen LogP contribution in [-0.2, 0) is 12.7 Å². The first-order chi connectivity index (χ1) is 9.00. The quantitative estimate of drug-likeness (QED) is 0.905. The van der Waals surface area contributed by atoms with Crippen LogP contribution >= 0.6 is 11.3 Å². The molecule has 0 bridgehead atoms. The molecule has 0 aliphatic carbocycles. The number of thiazole rings is 1. The summed E-state index contributed by atoms with van der Waals surface area (Å²) in [7, 11) is 0. The minimum Gasteiger partial charge on any atom is -0.315 e. The Morgan fingerprint density at radius 2 is 2.32 bits per heavy atom. The van der Waals surface area contributed by atoms with E-state index < -0.39 is 11.1 Å². The molecule has 3 nitrogen and oxygen atoms in total. The van der Waals surface area contributed by atoms with Gasteiger partial charge in [0, 0.05) is 12.6 Å². The van der Waals surface area contributed by atoms with Crippen molar-refractivity contribution in [3.8, 4) is 0 Å². The van der Waals surface area contributed by atoms with Gasteiger partial charge in [-0.2, -0.15) is 13.2 Å². The molecule has 1 saturated heterocycles. The molecule has 0 aromatic carbocycles. The van der Waals surface area contributed by atoms with Gasteiger partial charge in [-0.1, -0.05) is 6.92 Å². The molecule has 0 amide bonds. The molecule has 0 spiro atoms. The van der Waals surface area contributed by atoms with Gasteiger partial charge in [-0.15, -0.1) is 11.3 Å². The lowest BCUT2D eigenvalue weighted by molar-refractivity contribution is -0.134. The highest BCUT2D eigenvalue weighted by atomic mass is 32.1. The van der Waals surface area contributed by atoms with Gasteiger partial charge < -0.3 is 5.32 Å². The lowest BCUT2D eigenvalue weighted by atomic mass is 10.2. The zero-order chi connectivity index (χ0) is 13.9.